The summed E-state index contributed by atoms with van der Waals surface area (Å²) in [6.07, 6.45) is 1.05. The van der Waals surface area contributed by atoms with Crippen molar-refractivity contribution >= 4 is 27.5 Å². The van der Waals surface area contributed by atoms with Gasteiger partial charge in [0.25, 0.3) is 0 Å². The third-order valence-electron chi connectivity index (χ3n) is 5.49. The number of carbonyl (C=O) groups is 2. The summed E-state index contributed by atoms with van der Waals surface area (Å²) in [6.45, 7) is 9.09. The molecule has 0 fully saturated rings. The second kappa shape index (κ2) is 11.5. The molecule has 0 aromatic heterocycles. The van der Waals surface area contributed by atoms with Gasteiger partial charge in [-0.15, -0.1) is 0 Å². The number of benzene rings is 2. The molecule has 0 saturated heterocycles. The SMILES string of the molecule is Cc1cccc(C)c1N(CC(=O)N(Cc1ccc(F)cc1)C(C)C(=O)NCC(C)C)S(C)(=O)=O. The van der Waals surface area contributed by atoms with Crippen LogP contribution in [0.4, 0.5) is 10.1 Å². The molecule has 2 aromatic rings. The Bertz CT molecular complexity index is 1100. The van der Waals surface area contributed by atoms with Crippen LogP contribution in [0.15, 0.2) is 42.5 Å². The molecule has 0 heterocycles. The first-order valence-electron chi connectivity index (χ1n) is 11.2. The van der Waals surface area contributed by atoms with Crippen LogP contribution < -0.4 is 9.62 Å². The average Bonchev–Trinajstić information content (AvgIpc) is 2.74. The number of nitrogens with one attached hydrogen (secondary N) is 1. The summed E-state index contributed by atoms with van der Waals surface area (Å²) >= 11 is 0. The molecule has 2 rings (SSSR count). The lowest BCUT2D eigenvalue weighted by atomic mass is 10.1. The molecule has 34 heavy (non-hydrogen) atoms. The van der Waals surface area contributed by atoms with Gasteiger partial charge in [-0.2, -0.15) is 0 Å². The van der Waals surface area contributed by atoms with Crippen LogP contribution in [0.3, 0.4) is 0 Å². The molecule has 1 N–H and O–H groups in total. The second-order valence-electron chi connectivity index (χ2n) is 8.97. The lowest BCUT2D eigenvalue weighted by Crippen LogP contribution is -2.51. The molecule has 1 unspecified atom stereocenters. The van der Waals surface area contributed by atoms with E-state index in [0.717, 1.165) is 10.6 Å². The fourth-order valence-electron chi connectivity index (χ4n) is 3.60. The van der Waals surface area contributed by atoms with E-state index in [0.29, 0.717) is 28.9 Å². The Morgan fingerprint density at radius 1 is 1.00 bits per heavy atom. The molecule has 7 nitrogen and oxygen atoms in total. The first-order valence-corrected chi connectivity index (χ1v) is 13.0. The van der Waals surface area contributed by atoms with Gasteiger partial charge in [0.1, 0.15) is 18.4 Å². The highest BCUT2D eigenvalue weighted by Gasteiger charge is 2.31. The maximum absolute atomic E-state index is 13.5. The number of carbonyl (C=O) groups excluding carboxylic acids is 2. The normalized spacial score (nSPS) is 12.4. The first-order chi connectivity index (χ1) is 15.8. The monoisotopic (exact) mass is 491 g/mol. The quantitative estimate of drug-likeness (QED) is 0.552. The van der Waals surface area contributed by atoms with Gasteiger partial charge in [-0.3, -0.25) is 13.9 Å². The van der Waals surface area contributed by atoms with Crippen LogP contribution in [0.2, 0.25) is 0 Å². The number of nitrogens with zero attached hydrogens (tertiary/aromatic N) is 2. The summed E-state index contributed by atoms with van der Waals surface area (Å²) in [6, 6.07) is 10.1. The van der Waals surface area contributed by atoms with Gasteiger partial charge in [-0.1, -0.05) is 44.2 Å². The van der Waals surface area contributed by atoms with Gasteiger partial charge in [0, 0.05) is 13.1 Å². The zero-order valence-corrected chi connectivity index (χ0v) is 21.4. The minimum absolute atomic E-state index is 0.0275. The van der Waals surface area contributed by atoms with Crippen LogP contribution in [0.25, 0.3) is 0 Å². The van der Waals surface area contributed by atoms with Crippen molar-refractivity contribution in [2.45, 2.75) is 47.2 Å². The minimum atomic E-state index is -3.80. The molecule has 186 valence electrons. The lowest BCUT2D eigenvalue weighted by molar-refractivity contribution is -0.139. The van der Waals surface area contributed by atoms with Gasteiger partial charge < -0.3 is 10.2 Å². The lowest BCUT2D eigenvalue weighted by Gasteiger charge is -2.32. The van der Waals surface area contributed by atoms with Crippen LogP contribution in [0.1, 0.15) is 37.5 Å². The van der Waals surface area contributed by atoms with E-state index in [1.807, 2.05) is 19.9 Å². The number of hydrogen-bond acceptors (Lipinski definition) is 4. The number of halogens is 1. The van der Waals surface area contributed by atoms with Crippen molar-refractivity contribution in [1.29, 1.82) is 0 Å². The van der Waals surface area contributed by atoms with Gasteiger partial charge in [0.15, 0.2) is 0 Å². The number of aryl methyl sites for hydroxylation is 2. The third-order valence-corrected chi connectivity index (χ3v) is 6.60. The zero-order valence-electron chi connectivity index (χ0n) is 20.6. The van der Waals surface area contributed by atoms with Crippen LogP contribution in [-0.4, -0.2) is 50.5 Å². The molecule has 0 aliphatic heterocycles. The summed E-state index contributed by atoms with van der Waals surface area (Å²) in [4.78, 5) is 27.6. The van der Waals surface area contributed by atoms with Gasteiger partial charge >= 0.3 is 0 Å². The molecule has 9 heteroatoms. The summed E-state index contributed by atoms with van der Waals surface area (Å²) in [7, 11) is -3.80. The van der Waals surface area contributed by atoms with E-state index in [1.54, 1.807) is 32.9 Å². The highest BCUT2D eigenvalue weighted by molar-refractivity contribution is 7.92. The third kappa shape index (κ3) is 7.28. The molecule has 0 saturated carbocycles. The van der Waals surface area contributed by atoms with Crippen molar-refractivity contribution in [3.8, 4) is 0 Å². The Balaban J connectivity index is 2.41. The van der Waals surface area contributed by atoms with Crippen LogP contribution >= 0.6 is 0 Å². The Labute approximate surface area is 202 Å². The van der Waals surface area contributed by atoms with Crippen molar-refractivity contribution < 1.29 is 22.4 Å². The van der Waals surface area contributed by atoms with Gasteiger partial charge in [-0.25, -0.2) is 12.8 Å². The smallest absolute Gasteiger partial charge is 0.244 e. The molecule has 0 aliphatic carbocycles. The van der Waals surface area contributed by atoms with Gasteiger partial charge in [-0.05, 0) is 55.5 Å². The highest BCUT2D eigenvalue weighted by Crippen LogP contribution is 2.27. The van der Waals surface area contributed by atoms with Gasteiger partial charge in [0.05, 0.1) is 11.9 Å². The summed E-state index contributed by atoms with van der Waals surface area (Å²) < 4.78 is 39.9. The van der Waals surface area contributed by atoms with Crippen LogP contribution in [0.5, 0.6) is 0 Å². The van der Waals surface area contributed by atoms with Crippen molar-refractivity contribution in [2.24, 2.45) is 5.92 Å². The number of para-hydroxylation sites is 1. The molecule has 0 radical (unpaired) electrons. The molecule has 1 atom stereocenters. The van der Waals surface area contributed by atoms with Crippen molar-refractivity contribution in [2.75, 3.05) is 23.7 Å². The van der Waals surface area contributed by atoms with Crippen molar-refractivity contribution in [3.63, 3.8) is 0 Å². The maximum Gasteiger partial charge on any atom is 0.244 e. The molecule has 0 bridgehead atoms. The van der Waals surface area contributed by atoms with E-state index in [1.165, 1.54) is 29.2 Å². The molecule has 0 aliphatic rings. The molecule has 2 amide bonds. The van der Waals surface area contributed by atoms with E-state index in [-0.39, 0.29) is 18.4 Å². The molecule has 0 spiro atoms. The Morgan fingerprint density at radius 2 is 1.56 bits per heavy atom. The number of amides is 2. The number of sulfonamides is 1. The van der Waals surface area contributed by atoms with E-state index in [9.17, 15) is 22.4 Å². The fraction of sp³-hybridized carbons (Fsp3) is 0.440. The number of hydrogen-bond donors (Lipinski definition) is 1. The van der Waals surface area contributed by atoms with Crippen LogP contribution in [0, 0.1) is 25.6 Å². The van der Waals surface area contributed by atoms with Crippen LogP contribution in [-0.2, 0) is 26.2 Å². The van der Waals surface area contributed by atoms with Crippen molar-refractivity contribution in [3.05, 3.63) is 65.0 Å². The Hall–Kier alpha value is -2.94. The molecular weight excluding hydrogens is 457 g/mol. The predicted octanol–water partition coefficient (Wildman–Crippen LogP) is 3.40. The molecular formula is C25H34FN3O4S. The second-order valence-corrected chi connectivity index (χ2v) is 10.9. The summed E-state index contributed by atoms with van der Waals surface area (Å²) in [5, 5.41) is 2.82. The summed E-state index contributed by atoms with van der Waals surface area (Å²) in [5.74, 6) is -1.07. The largest absolute Gasteiger partial charge is 0.354 e. The summed E-state index contributed by atoms with van der Waals surface area (Å²) in [5.41, 5.74) is 2.49. The Kier molecular flexibility index (Phi) is 9.21. The number of anilines is 1. The first kappa shape index (κ1) is 27.3. The van der Waals surface area contributed by atoms with Crippen molar-refractivity contribution in [1.82, 2.24) is 10.2 Å². The van der Waals surface area contributed by atoms with E-state index < -0.39 is 34.3 Å². The van der Waals surface area contributed by atoms with Gasteiger partial charge in [0.2, 0.25) is 21.8 Å². The predicted molar refractivity (Wildman–Crippen MR) is 132 cm³/mol. The topological polar surface area (TPSA) is 86.8 Å². The Morgan fingerprint density at radius 3 is 2.06 bits per heavy atom. The number of rotatable bonds is 10. The maximum atomic E-state index is 13.5. The van der Waals surface area contributed by atoms with E-state index >= 15 is 0 Å². The highest BCUT2D eigenvalue weighted by atomic mass is 32.2. The molecule has 2 aromatic carbocycles. The minimum Gasteiger partial charge on any atom is -0.354 e. The van der Waals surface area contributed by atoms with E-state index in [4.69, 9.17) is 0 Å². The average molecular weight is 492 g/mol. The van der Waals surface area contributed by atoms with E-state index in [2.05, 4.69) is 5.32 Å². The fourth-order valence-corrected chi connectivity index (χ4v) is 4.56. The standard InChI is InChI=1S/C25H34FN3O4S/c1-17(2)14-27-25(31)20(5)28(15-21-10-12-22(26)13-11-21)23(30)16-29(34(6,32)33)24-18(3)8-7-9-19(24)4/h7-13,17,20H,14-16H2,1-6H3,(H,27,31). The zero-order chi connectivity index (χ0) is 25.6.